The topological polar surface area (TPSA) is 68.2 Å². The molecule has 0 radical (unpaired) electrons. The van der Waals surface area contributed by atoms with Gasteiger partial charge in [-0.1, -0.05) is 25.6 Å². The highest BCUT2D eigenvalue weighted by atomic mass is 32.2. The Balaban J connectivity index is 1.63. The third-order valence-corrected chi connectivity index (χ3v) is 7.54. The van der Waals surface area contributed by atoms with Crippen LogP contribution in [0, 0.1) is 5.92 Å². The average Bonchev–Trinajstić information content (AvgIpc) is 3.05. The van der Waals surface area contributed by atoms with Gasteiger partial charge in [-0.2, -0.15) is 0 Å². The molecule has 1 fully saturated rings. The van der Waals surface area contributed by atoms with Crippen LogP contribution in [-0.2, 0) is 9.84 Å². The fourth-order valence-corrected chi connectivity index (χ4v) is 6.71. The van der Waals surface area contributed by atoms with Crippen LogP contribution in [0.25, 0.3) is 0 Å². The molecule has 6 nitrogen and oxygen atoms in total. The Morgan fingerprint density at radius 1 is 1.23 bits per heavy atom. The molecule has 8 heteroatoms. The lowest BCUT2D eigenvalue weighted by Crippen LogP contribution is -2.39. The number of amidine groups is 1. The fourth-order valence-electron chi connectivity index (χ4n) is 3.50. The number of hydrogen-bond acceptors (Lipinski definition) is 7. The Kier molecular flexibility index (Phi) is 4.81. The number of sulfone groups is 1. The van der Waals surface area contributed by atoms with Crippen LogP contribution >= 0.6 is 11.8 Å². The summed E-state index contributed by atoms with van der Waals surface area (Å²) >= 11 is 1.72. The van der Waals surface area contributed by atoms with E-state index in [1.807, 2.05) is 18.2 Å². The summed E-state index contributed by atoms with van der Waals surface area (Å²) in [5.74, 6) is 3.36. The molecule has 26 heavy (non-hydrogen) atoms. The number of thioether (sulfide) groups is 1. The van der Waals surface area contributed by atoms with E-state index in [4.69, 9.17) is 14.5 Å². The minimum absolute atomic E-state index is 0.121. The maximum absolute atomic E-state index is 12.1. The van der Waals surface area contributed by atoms with E-state index in [0.717, 1.165) is 28.8 Å². The molecule has 0 saturated carbocycles. The van der Waals surface area contributed by atoms with Gasteiger partial charge in [0.15, 0.2) is 26.5 Å². The van der Waals surface area contributed by atoms with Gasteiger partial charge in [0.1, 0.15) is 13.2 Å². The molecule has 2 atom stereocenters. The Morgan fingerprint density at radius 3 is 2.77 bits per heavy atom. The smallest absolute Gasteiger partial charge is 0.164 e. The van der Waals surface area contributed by atoms with Gasteiger partial charge in [-0.05, 0) is 24.5 Å². The van der Waals surface area contributed by atoms with E-state index >= 15 is 0 Å². The van der Waals surface area contributed by atoms with Crippen molar-refractivity contribution < 1.29 is 17.9 Å². The van der Waals surface area contributed by atoms with Gasteiger partial charge in [-0.3, -0.25) is 4.99 Å². The summed E-state index contributed by atoms with van der Waals surface area (Å²) in [4.78, 5) is 6.86. The Bertz CT molecular complexity index is 822. The molecule has 0 N–H and O–H groups in total. The van der Waals surface area contributed by atoms with E-state index in [1.165, 1.54) is 0 Å². The summed E-state index contributed by atoms with van der Waals surface area (Å²) in [6.07, 6.45) is 1.10. The second-order valence-corrected chi connectivity index (χ2v) is 10.6. The lowest BCUT2D eigenvalue weighted by Gasteiger charge is -2.28. The molecule has 3 heterocycles. The van der Waals surface area contributed by atoms with Crippen molar-refractivity contribution in [3.63, 3.8) is 0 Å². The van der Waals surface area contributed by atoms with Crippen LogP contribution in [-0.4, -0.2) is 56.1 Å². The summed E-state index contributed by atoms with van der Waals surface area (Å²) in [5, 5.41) is 0.923. The largest absolute Gasteiger partial charge is 0.486 e. The van der Waals surface area contributed by atoms with E-state index < -0.39 is 9.84 Å². The number of anilines is 1. The predicted octanol–water partition coefficient (Wildman–Crippen LogP) is 2.58. The standard InChI is InChI=1S/C18H24N2O4S2/c1-12(2)5-8-25-18-19-14-10-26(21,22)11-15(14)20(18)13-3-4-16-17(9-13)24-7-6-23-16/h3-4,9,12,14-15H,5-8,10-11H2,1-2H3/t14-,15-/m1/s1. The van der Waals surface area contributed by atoms with Crippen molar-refractivity contribution >= 4 is 32.5 Å². The fraction of sp³-hybridized carbons (Fsp3) is 0.611. The van der Waals surface area contributed by atoms with Crippen molar-refractivity contribution in [1.29, 1.82) is 0 Å². The van der Waals surface area contributed by atoms with Gasteiger partial charge in [0.2, 0.25) is 0 Å². The molecule has 3 aliphatic heterocycles. The first-order valence-electron chi connectivity index (χ1n) is 9.03. The number of hydrogen-bond donors (Lipinski definition) is 0. The number of ether oxygens (including phenoxy) is 2. The van der Waals surface area contributed by atoms with E-state index in [0.29, 0.717) is 24.9 Å². The third kappa shape index (κ3) is 3.53. The summed E-state index contributed by atoms with van der Waals surface area (Å²) in [6, 6.07) is 5.52. The minimum atomic E-state index is -3.04. The normalized spacial score (nSPS) is 26.1. The minimum Gasteiger partial charge on any atom is -0.486 e. The van der Waals surface area contributed by atoms with Crippen molar-refractivity contribution in [3.8, 4) is 11.5 Å². The zero-order chi connectivity index (χ0) is 18.3. The number of benzene rings is 1. The van der Waals surface area contributed by atoms with Crippen LogP contribution in [0.4, 0.5) is 5.69 Å². The number of nitrogens with zero attached hydrogens (tertiary/aromatic N) is 2. The van der Waals surface area contributed by atoms with Gasteiger partial charge in [-0.15, -0.1) is 0 Å². The van der Waals surface area contributed by atoms with Crippen molar-refractivity contribution in [2.75, 3.05) is 35.4 Å². The summed E-state index contributed by atoms with van der Waals surface area (Å²) in [7, 11) is -3.04. The van der Waals surface area contributed by atoms with Crippen LogP contribution in [0.2, 0.25) is 0 Å². The van der Waals surface area contributed by atoms with E-state index in [1.54, 1.807) is 11.8 Å². The first kappa shape index (κ1) is 18.0. The molecule has 142 valence electrons. The van der Waals surface area contributed by atoms with Gasteiger partial charge in [0.05, 0.1) is 23.6 Å². The third-order valence-electron chi connectivity index (χ3n) is 4.84. The average molecular weight is 397 g/mol. The summed E-state index contributed by atoms with van der Waals surface area (Å²) in [5.41, 5.74) is 0.926. The molecule has 0 spiro atoms. The lowest BCUT2D eigenvalue weighted by atomic mass is 10.1. The molecular formula is C18H24N2O4S2. The van der Waals surface area contributed by atoms with Crippen LogP contribution in [0.15, 0.2) is 23.2 Å². The highest BCUT2D eigenvalue weighted by Gasteiger charge is 2.47. The Labute approximate surface area is 158 Å². The molecule has 0 bridgehead atoms. The second kappa shape index (κ2) is 6.96. The van der Waals surface area contributed by atoms with Crippen molar-refractivity contribution in [2.45, 2.75) is 32.4 Å². The van der Waals surface area contributed by atoms with E-state index in [9.17, 15) is 8.42 Å². The molecule has 1 aromatic carbocycles. The van der Waals surface area contributed by atoms with Crippen molar-refractivity contribution in [2.24, 2.45) is 10.9 Å². The first-order valence-corrected chi connectivity index (χ1v) is 11.8. The maximum Gasteiger partial charge on any atom is 0.164 e. The first-order chi connectivity index (χ1) is 12.4. The molecular weight excluding hydrogens is 372 g/mol. The van der Waals surface area contributed by atoms with Crippen LogP contribution < -0.4 is 14.4 Å². The molecule has 1 saturated heterocycles. The van der Waals surface area contributed by atoms with E-state index in [-0.39, 0.29) is 23.6 Å². The Hall–Kier alpha value is -1.41. The van der Waals surface area contributed by atoms with Crippen LogP contribution in [0.1, 0.15) is 20.3 Å². The lowest BCUT2D eigenvalue weighted by molar-refractivity contribution is 0.171. The number of fused-ring (bicyclic) bond motifs is 2. The van der Waals surface area contributed by atoms with Gasteiger partial charge in [0.25, 0.3) is 0 Å². The molecule has 1 aromatic rings. The van der Waals surface area contributed by atoms with E-state index in [2.05, 4.69) is 18.7 Å². The maximum atomic E-state index is 12.1. The van der Waals surface area contributed by atoms with Crippen molar-refractivity contribution in [1.82, 2.24) is 0 Å². The van der Waals surface area contributed by atoms with Crippen LogP contribution in [0.5, 0.6) is 11.5 Å². The van der Waals surface area contributed by atoms with Gasteiger partial charge < -0.3 is 14.4 Å². The predicted molar refractivity (Wildman–Crippen MR) is 105 cm³/mol. The van der Waals surface area contributed by atoms with Gasteiger partial charge in [0, 0.05) is 17.5 Å². The monoisotopic (exact) mass is 396 g/mol. The highest BCUT2D eigenvalue weighted by Crippen LogP contribution is 2.40. The Morgan fingerprint density at radius 2 is 2.00 bits per heavy atom. The molecule has 0 amide bonds. The quantitative estimate of drug-likeness (QED) is 0.779. The molecule has 0 aromatic heterocycles. The summed E-state index contributed by atoms with van der Waals surface area (Å²) < 4.78 is 35.5. The zero-order valence-corrected chi connectivity index (χ0v) is 16.7. The van der Waals surface area contributed by atoms with Crippen LogP contribution in [0.3, 0.4) is 0 Å². The van der Waals surface area contributed by atoms with Crippen molar-refractivity contribution in [3.05, 3.63) is 18.2 Å². The zero-order valence-electron chi connectivity index (χ0n) is 15.1. The highest BCUT2D eigenvalue weighted by molar-refractivity contribution is 8.14. The SMILES string of the molecule is CC(C)CCSC1=N[C@@H]2CS(=O)(=O)C[C@H]2N1c1ccc2c(c1)OCCO2. The second-order valence-electron chi connectivity index (χ2n) is 7.35. The van der Waals surface area contributed by atoms with Gasteiger partial charge >= 0.3 is 0 Å². The number of rotatable bonds is 4. The molecule has 0 aliphatic carbocycles. The van der Waals surface area contributed by atoms with Gasteiger partial charge in [-0.25, -0.2) is 8.42 Å². The molecule has 0 unspecified atom stereocenters. The molecule has 3 aliphatic rings. The summed E-state index contributed by atoms with van der Waals surface area (Å²) in [6.45, 7) is 5.49. The number of aliphatic imine (C=N–C) groups is 1. The molecule has 4 rings (SSSR count).